The second kappa shape index (κ2) is 5.94. The molecule has 0 saturated carbocycles. The van der Waals surface area contributed by atoms with E-state index in [0.717, 1.165) is 10.8 Å². The SMILES string of the molecule is COc1ccnc(-c2coc3ccc4ccccc4c3c2=O)c1OC. The van der Waals surface area contributed by atoms with Gasteiger partial charge < -0.3 is 13.9 Å². The highest BCUT2D eigenvalue weighted by Gasteiger charge is 2.19. The molecular weight excluding hydrogens is 318 g/mol. The first-order chi connectivity index (χ1) is 12.2. The molecule has 5 nitrogen and oxygen atoms in total. The predicted molar refractivity (Wildman–Crippen MR) is 96.3 cm³/mol. The van der Waals surface area contributed by atoms with Gasteiger partial charge in [-0.25, -0.2) is 0 Å². The Morgan fingerprint density at radius 3 is 2.64 bits per heavy atom. The number of pyridine rings is 1. The minimum absolute atomic E-state index is 0.155. The molecule has 0 aliphatic heterocycles. The van der Waals surface area contributed by atoms with Crippen molar-refractivity contribution >= 4 is 21.7 Å². The summed E-state index contributed by atoms with van der Waals surface area (Å²) < 4.78 is 16.4. The summed E-state index contributed by atoms with van der Waals surface area (Å²) in [5, 5.41) is 2.35. The summed E-state index contributed by atoms with van der Waals surface area (Å²) in [6.07, 6.45) is 2.99. The summed E-state index contributed by atoms with van der Waals surface area (Å²) >= 11 is 0. The summed E-state index contributed by atoms with van der Waals surface area (Å²) in [5.41, 5.74) is 1.11. The maximum Gasteiger partial charge on any atom is 0.202 e. The molecule has 25 heavy (non-hydrogen) atoms. The fourth-order valence-electron chi connectivity index (χ4n) is 3.04. The summed E-state index contributed by atoms with van der Waals surface area (Å²) in [4.78, 5) is 17.5. The van der Waals surface area contributed by atoms with Gasteiger partial charge in [0.05, 0.1) is 25.2 Å². The third-order valence-corrected chi connectivity index (χ3v) is 4.21. The van der Waals surface area contributed by atoms with Crippen LogP contribution in [0, 0.1) is 0 Å². The number of nitrogens with zero attached hydrogens (tertiary/aromatic N) is 1. The van der Waals surface area contributed by atoms with Crippen LogP contribution in [0.15, 0.2) is 64.1 Å². The summed E-state index contributed by atoms with van der Waals surface area (Å²) in [7, 11) is 3.05. The molecule has 0 radical (unpaired) electrons. The number of ether oxygens (including phenoxy) is 2. The summed E-state index contributed by atoms with van der Waals surface area (Å²) in [5.74, 6) is 0.904. The van der Waals surface area contributed by atoms with E-state index >= 15 is 0 Å². The van der Waals surface area contributed by atoms with E-state index in [2.05, 4.69) is 4.98 Å². The van der Waals surface area contributed by atoms with Crippen LogP contribution >= 0.6 is 0 Å². The highest BCUT2D eigenvalue weighted by Crippen LogP contribution is 2.35. The first kappa shape index (κ1) is 15.2. The van der Waals surface area contributed by atoms with Crippen LogP contribution in [0.1, 0.15) is 0 Å². The highest BCUT2D eigenvalue weighted by molar-refractivity contribution is 6.06. The molecule has 0 aliphatic carbocycles. The van der Waals surface area contributed by atoms with E-state index in [1.165, 1.54) is 20.5 Å². The maximum atomic E-state index is 13.2. The number of fused-ring (bicyclic) bond motifs is 3. The van der Waals surface area contributed by atoms with E-state index in [1.807, 2.05) is 30.3 Å². The lowest BCUT2D eigenvalue weighted by atomic mass is 10.0. The molecule has 4 aromatic rings. The first-order valence-electron chi connectivity index (χ1n) is 7.75. The lowest BCUT2D eigenvalue weighted by Gasteiger charge is -2.11. The molecule has 2 heterocycles. The van der Waals surface area contributed by atoms with Gasteiger partial charge in [-0.3, -0.25) is 9.78 Å². The molecule has 0 amide bonds. The number of rotatable bonds is 3. The van der Waals surface area contributed by atoms with Crippen molar-refractivity contribution in [2.24, 2.45) is 0 Å². The predicted octanol–water partition coefficient (Wildman–Crippen LogP) is 4.03. The van der Waals surface area contributed by atoms with Crippen LogP contribution in [0.5, 0.6) is 11.5 Å². The third kappa shape index (κ3) is 2.32. The molecule has 0 spiro atoms. The molecule has 124 valence electrons. The van der Waals surface area contributed by atoms with Crippen LogP contribution in [-0.2, 0) is 0 Å². The minimum Gasteiger partial charge on any atom is -0.493 e. The minimum atomic E-state index is -0.155. The maximum absolute atomic E-state index is 13.2. The van der Waals surface area contributed by atoms with E-state index in [4.69, 9.17) is 13.9 Å². The van der Waals surface area contributed by atoms with Gasteiger partial charge in [-0.2, -0.15) is 0 Å². The van der Waals surface area contributed by atoms with Crippen molar-refractivity contribution in [1.82, 2.24) is 4.98 Å². The lowest BCUT2D eigenvalue weighted by molar-refractivity contribution is 0.354. The van der Waals surface area contributed by atoms with Gasteiger partial charge in [0.25, 0.3) is 0 Å². The average Bonchev–Trinajstić information content (AvgIpc) is 2.67. The van der Waals surface area contributed by atoms with Gasteiger partial charge >= 0.3 is 0 Å². The Bertz CT molecular complexity index is 1150. The van der Waals surface area contributed by atoms with Gasteiger partial charge in [-0.15, -0.1) is 0 Å². The second-order valence-corrected chi connectivity index (χ2v) is 5.53. The Morgan fingerprint density at radius 1 is 1.00 bits per heavy atom. The Morgan fingerprint density at radius 2 is 1.84 bits per heavy atom. The van der Waals surface area contributed by atoms with Crippen molar-refractivity contribution in [1.29, 1.82) is 0 Å². The van der Waals surface area contributed by atoms with Crippen LogP contribution in [0.25, 0.3) is 33.0 Å². The van der Waals surface area contributed by atoms with Gasteiger partial charge in [0, 0.05) is 12.3 Å². The Balaban J connectivity index is 2.10. The van der Waals surface area contributed by atoms with E-state index in [1.54, 1.807) is 18.3 Å². The summed E-state index contributed by atoms with van der Waals surface area (Å²) in [6, 6.07) is 13.1. The quantitative estimate of drug-likeness (QED) is 0.530. The Kier molecular flexibility index (Phi) is 3.61. The first-order valence-corrected chi connectivity index (χ1v) is 7.75. The fraction of sp³-hybridized carbons (Fsp3) is 0.100. The lowest BCUT2D eigenvalue weighted by Crippen LogP contribution is -2.08. The Hall–Kier alpha value is -3.34. The molecule has 2 aromatic heterocycles. The van der Waals surface area contributed by atoms with Gasteiger partial charge in [-0.1, -0.05) is 30.3 Å². The van der Waals surface area contributed by atoms with Crippen LogP contribution in [0.3, 0.4) is 0 Å². The topological polar surface area (TPSA) is 61.6 Å². The number of methoxy groups -OCH3 is 2. The van der Waals surface area contributed by atoms with Crippen molar-refractivity contribution in [2.75, 3.05) is 14.2 Å². The molecule has 2 aromatic carbocycles. The molecule has 0 fully saturated rings. The fourth-order valence-corrected chi connectivity index (χ4v) is 3.04. The standard InChI is InChI=1S/C20H15NO4/c1-23-16-9-10-21-18(20(16)24-2)14-11-25-15-8-7-12-5-3-4-6-13(12)17(15)19(14)22/h3-11H,1-2H3. The monoisotopic (exact) mass is 333 g/mol. The number of aromatic nitrogens is 1. The van der Waals surface area contributed by atoms with Crippen LogP contribution in [-0.4, -0.2) is 19.2 Å². The van der Waals surface area contributed by atoms with E-state index in [0.29, 0.717) is 33.7 Å². The van der Waals surface area contributed by atoms with Gasteiger partial charge in [0.15, 0.2) is 11.5 Å². The largest absolute Gasteiger partial charge is 0.493 e. The molecule has 0 N–H and O–H groups in total. The average molecular weight is 333 g/mol. The molecule has 4 rings (SSSR count). The molecular formula is C20H15NO4. The molecule has 0 unspecified atom stereocenters. The normalized spacial score (nSPS) is 11.0. The zero-order chi connectivity index (χ0) is 17.4. The van der Waals surface area contributed by atoms with Crippen LogP contribution < -0.4 is 14.9 Å². The smallest absolute Gasteiger partial charge is 0.202 e. The Labute approximate surface area is 143 Å². The van der Waals surface area contributed by atoms with Gasteiger partial charge in [0.1, 0.15) is 17.5 Å². The number of benzene rings is 2. The third-order valence-electron chi connectivity index (χ3n) is 4.21. The van der Waals surface area contributed by atoms with Crippen molar-refractivity contribution < 1.29 is 13.9 Å². The zero-order valence-electron chi connectivity index (χ0n) is 13.8. The van der Waals surface area contributed by atoms with E-state index < -0.39 is 0 Å². The molecule has 0 bridgehead atoms. The molecule has 0 atom stereocenters. The molecule has 5 heteroatoms. The molecule has 0 saturated heterocycles. The van der Waals surface area contributed by atoms with Crippen LogP contribution in [0.2, 0.25) is 0 Å². The van der Waals surface area contributed by atoms with Crippen molar-refractivity contribution in [3.05, 3.63) is 65.1 Å². The van der Waals surface area contributed by atoms with E-state index in [9.17, 15) is 4.79 Å². The van der Waals surface area contributed by atoms with Crippen LogP contribution in [0.4, 0.5) is 0 Å². The zero-order valence-corrected chi connectivity index (χ0v) is 13.8. The van der Waals surface area contributed by atoms with Crippen molar-refractivity contribution in [3.8, 4) is 22.8 Å². The van der Waals surface area contributed by atoms with Gasteiger partial charge in [-0.05, 0) is 16.8 Å². The number of hydrogen-bond donors (Lipinski definition) is 0. The van der Waals surface area contributed by atoms with Crippen molar-refractivity contribution in [3.63, 3.8) is 0 Å². The number of hydrogen-bond acceptors (Lipinski definition) is 5. The van der Waals surface area contributed by atoms with Crippen molar-refractivity contribution in [2.45, 2.75) is 0 Å². The second-order valence-electron chi connectivity index (χ2n) is 5.53. The van der Waals surface area contributed by atoms with E-state index in [-0.39, 0.29) is 5.43 Å². The summed E-state index contributed by atoms with van der Waals surface area (Å²) in [6.45, 7) is 0. The highest BCUT2D eigenvalue weighted by atomic mass is 16.5. The van der Waals surface area contributed by atoms with Gasteiger partial charge in [0.2, 0.25) is 5.43 Å². The molecule has 0 aliphatic rings.